The second-order valence-electron chi connectivity index (χ2n) is 4.93. The zero-order chi connectivity index (χ0) is 17.5. The molecule has 0 bridgehead atoms. The summed E-state index contributed by atoms with van der Waals surface area (Å²) in [6.45, 7) is 2.00. The van der Waals surface area contributed by atoms with Crippen molar-refractivity contribution in [2.75, 3.05) is 6.61 Å². The maximum absolute atomic E-state index is 12.3. The summed E-state index contributed by atoms with van der Waals surface area (Å²) < 4.78 is 5.34. The number of amides is 1. The first-order chi connectivity index (χ1) is 11.6. The van der Waals surface area contributed by atoms with Crippen molar-refractivity contribution in [3.8, 4) is 12.1 Å². The second-order valence-corrected chi connectivity index (χ2v) is 7.00. The molecule has 1 aromatic rings. The zero-order valence-corrected chi connectivity index (χ0v) is 14.7. The van der Waals surface area contributed by atoms with E-state index < -0.39 is 32.7 Å². The predicted octanol–water partition coefficient (Wildman–Crippen LogP) is 1.46. The molecule has 1 amide bonds. The minimum atomic E-state index is -0.968. The maximum atomic E-state index is 12.3. The number of rotatable bonds is 5. The Labute approximate surface area is 146 Å². The third-order valence-corrected chi connectivity index (χ3v) is 5.54. The van der Waals surface area contributed by atoms with Gasteiger partial charge in [-0.25, -0.2) is 0 Å². The van der Waals surface area contributed by atoms with Crippen LogP contribution in [0, 0.1) is 28.6 Å². The monoisotopic (exact) mass is 389 g/mol. The number of nitrogens with one attached hydrogen (secondary N) is 1. The fraction of sp³-hybridized carbons (Fsp3) is 0.294. The van der Waals surface area contributed by atoms with E-state index in [1.807, 2.05) is 12.1 Å². The summed E-state index contributed by atoms with van der Waals surface area (Å²) in [4.78, 5) is 23.8. The first-order valence-electron chi connectivity index (χ1n) is 7.30. The van der Waals surface area contributed by atoms with Crippen LogP contribution in [-0.2, 0) is 14.3 Å². The van der Waals surface area contributed by atoms with Crippen molar-refractivity contribution in [1.29, 1.82) is 10.5 Å². The number of carbonyl (C=O) groups excluding carboxylic acids is 2. The van der Waals surface area contributed by atoms with E-state index in [-0.39, 0.29) is 17.9 Å². The molecule has 1 aliphatic heterocycles. The number of nitriles is 2. The van der Waals surface area contributed by atoms with Gasteiger partial charge in [0, 0.05) is 0 Å². The van der Waals surface area contributed by atoms with Crippen LogP contribution in [0.25, 0.3) is 0 Å². The molecule has 1 aromatic carbocycles. The van der Waals surface area contributed by atoms with Crippen LogP contribution in [0.2, 0.25) is 5.32 Å². The summed E-state index contributed by atoms with van der Waals surface area (Å²) >= 11 is -0.444. The van der Waals surface area contributed by atoms with E-state index in [1.165, 1.54) is 0 Å². The summed E-state index contributed by atoms with van der Waals surface area (Å²) in [5.41, 5.74) is 1.08. The molecule has 1 aliphatic rings. The number of allylic oxidation sites excluding steroid dienone is 1. The van der Waals surface area contributed by atoms with Crippen molar-refractivity contribution in [2.24, 2.45) is 5.92 Å². The van der Waals surface area contributed by atoms with Crippen LogP contribution >= 0.6 is 0 Å². The molecule has 2 unspecified atom stereocenters. The Morgan fingerprint density at radius 3 is 2.62 bits per heavy atom. The summed E-state index contributed by atoms with van der Waals surface area (Å²) in [6, 6.07) is 13.1. The third kappa shape index (κ3) is 3.83. The van der Waals surface area contributed by atoms with Crippen molar-refractivity contribution in [1.82, 2.24) is 5.32 Å². The quantitative estimate of drug-likeness (QED) is 0.608. The van der Waals surface area contributed by atoms with E-state index >= 15 is 0 Å². The van der Waals surface area contributed by atoms with Crippen molar-refractivity contribution >= 4 is 26.8 Å². The van der Waals surface area contributed by atoms with Gasteiger partial charge in [-0.1, -0.05) is 0 Å². The van der Waals surface area contributed by atoms with Crippen LogP contribution in [0.15, 0.2) is 40.5 Å². The van der Waals surface area contributed by atoms with Crippen molar-refractivity contribution in [3.63, 3.8) is 0 Å². The number of carbonyl (C=O) groups is 2. The van der Waals surface area contributed by atoms with Gasteiger partial charge < -0.3 is 0 Å². The van der Waals surface area contributed by atoms with E-state index in [1.54, 1.807) is 31.2 Å². The Morgan fingerprint density at radius 2 is 2.04 bits per heavy atom. The Bertz CT molecular complexity index is 747. The summed E-state index contributed by atoms with van der Waals surface area (Å²) in [5.74, 6) is -2.39. The average molecular weight is 388 g/mol. The van der Waals surface area contributed by atoms with Crippen LogP contribution in [0.4, 0.5) is 0 Å². The second kappa shape index (κ2) is 8.31. The number of hydrogen-bond donors (Lipinski definition) is 1. The predicted molar refractivity (Wildman–Crippen MR) is 86.3 cm³/mol. The van der Waals surface area contributed by atoms with Crippen molar-refractivity contribution in [3.05, 3.63) is 46.1 Å². The zero-order valence-electron chi connectivity index (χ0n) is 13.0. The van der Waals surface area contributed by atoms with Crippen LogP contribution in [0.1, 0.15) is 18.4 Å². The standard InChI is InChI=1S/C17H15N3O3Se/c1-2-23-14(21)10-24-17-13(9-19)15(11-6-4-3-5-7-11)12(8-18)16(22)20-17/h3-7,12,15H,2,10H2,1H3,(H,20,22). The number of ether oxygens (including phenoxy) is 1. The van der Waals surface area contributed by atoms with Crippen LogP contribution in [-0.4, -0.2) is 33.4 Å². The molecule has 0 spiro atoms. The Kier molecular flexibility index (Phi) is 6.14. The third-order valence-electron chi connectivity index (χ3n) is 3.47. The molecule has 122 valence electrons. The van der Waals surface area contributed by atoms with E-state index in [4.69, 9.17) is 4.74 Å². The van der Waals surface area contributed by atoms with Crippen molar-refractivity contribution < 1.29 is 14.3 Å². The normalized spacial score (nSPS) is 19.9. The van der Waals surface area contributed by atoms with E-state index in [2.05, 4.69) is 11.4 Å². The number of benzene rings is 1. The Balaban J connectivity index is 2.39. The van der Waals surface area contributed by atoms with Crippen LogP contribution in [0.5, 0.6) is 0 Å². The summed E-state index contributed by atoms with van der Waals surface area (Å²) in [6.07, 6.45) is 0. The van der Waals surface area contributed by atoms with Gasteiger partial charge in [-0.05, 0) is 0 Å². The molecular formula is C17H15N3O3Se. The average Bonchev–Trinajstić information content (AvgIpc) is 2.60. The SMILES string of the molecule is CCOC(=O)C[Se]C1=C(C#N)C(c2ccccc2)C(C#N)C(=O)N1. The van der Waals surface area contributed by atoms with Gasteiger partial charge in [0.15, 0.2) is 0 Å². The molecule has 0 saturated heterocycles. The van der Waals surface area contributed by atoms with Gasteiger partial charge in [0.2, 0.25) is 0 Å². The molecule has 0 fully saturated rings. The molecule has 0 aromatic heterocycles. The van der Waals surface area contributed by atoms with Crippen molar-refractivity contribution in [2.45, 2.75) is 18.2 Å². The molecule has 2 atom stereocenters. The van der Waals surface area contributed by atoms with Crippen LogP contribution in [0.3, 0.4) is 0 Å². The van der Waals surface area contributed by atoms with E-state index in [9.17, 15) is 20.1 Å². The molecule has 0 radical (unpaired) electrons. The molecule has 1 N–H and O–H groups in total. The fourth-order valence-electron chi connectivity index (χ4n) is 2.44. The Hall–Kier alpha value is -2.60. The topological polar surface area (TPSA) is 103 Å². The Morgan fingerprint density at radius 1 is 1.33 bits per heavy atom. The molecule has 6 nitrogen and oxygen atoms in total. The molecule has 1 heterocycles. The number of nitrogens with zero attached hydrogens (tertiary/aromatic N) is 2. The minimum absolute atomic E-state index is 0.125. The van der Waals surface area contributed by atoms with Gasteiger partial charge >= 0.3 is 146 Å². The molecule has 2 rings (SSSR count). The number of esters is 1. The van der Waals surface area contributed by atoms with Gasteiger partial charge in [0.25, 0.3) is 0 Å². The molecule has 7 heteroatoms. The van der Waals surface area contributed by atoms with Gasteiger partial charge in [0.05, 0.1) is 0 Å². The molecule has 0 saturated carbocycles. The fourth-order valence-corrected chi connectivity index (χ4v) is 4.21. The molecular weight excluding hydrogens is 373 g/mol. The van der Waals surface area contributed by atoms with Gasteiger partial charge in [-0.2, -0.15) is 0 Å². The first kappa shape index (κ1) is 17.7. The number of hydrogen-bond acceptors (Lipinski definition) is 5. The van der Waals surface area contributed by atoms with E-state index in [0.717, 1.165) is 5.56 Å². The molecule has 24 heavy (non-hydrogen) atoms. The summed E-state index contributed by atoms with van der Waals surface area (Å²) in [5, 5.41) is 21.7. The first-order valence-corrected chi connectivity index (χ1v) is 9.37. The van der Waals surface area contributed by atoms with Gasteiger partial charge in [-0.3, -0.25) is 0 Å². The van der Waals surface area contributed by atoms with Gasteiger partial charge in [0.1, 0.15) is 0 Å². The molecule has 0 aliphatic carbocycles. The van der Waals surface area contributed by atoms with Crippen LogP contribution < -0.4 is 5.32 Å². The van der Waals surface area contributed by atoms with E-state index in [0.29, 0.717) is 10.2 Å². The van der Waals surface area contributed by atoms with Gasteiger partial charge in [-0.15, -0.1) is 0 Å². The summed E-state index contributed by atoms with van der Waals surface area (Å²) in [7, 11) is 0.